The molecule has 1 fully saturated rings. The van der Waals surface area contributed by atoms with Crippen molar-refractivity contribution in [2.75, 3.05) is 32.8 Å². The Morgan fingerprint density at radius 2 is 1.92 bits per heavy atom. The molecule has 5 heteroatoms. The van der Waals surface area contributed by atoms with Crippen LogP contribution in [-0.2, 0) is 16.1 Å². The van der Waals surface area contributed by atoms with Gasteiger partial charge in [-0.05, 0) is 11.6 Å². The molecule has 2 aromatic rings. The minimum absolute atomic E-state index is 0.249. The maximum Gasteiger partial charge on any atom is 0.129 e. The maximum absolute atomic E-state index is 13.9. The minimum atomic E-state index is -0.580. The van der Waals surface area contributed by atoms with Gasteiger partial charge in [-0.1, -0.05) is 48.5 Å². The number of morpholine rings is 1. The third-order valence-corrected chi connectivity index (χ3v) is 4.29. The van der Waals surface area contributed by atoms with E-state index in [1.807, 2.05) is 36.4 Å². The highest BCUT2D eigenvalue weighted by atomic mass is 19.1. The number of hydrogen-bond acceptors (Lipinski definition) is 4. The molecule has 1 aliphatic rings. The van der Waals surface area contributed by atoms with Gasteiger partial charge < -0.3 is 14.6 Å². The molecule has 4 nitrogen and oxygen atoms in total. The molecule has 2 aromatic carbocycles. The Morgan fingerprint density at radius 3 is 2.72 bits per heavy atom. The molecule has 0 bridgehead atoms. The Labute approximate surface area is 147 Å². The van der Waals surface area contributed by atoms with Gasteiger partial charge in [-0.3, -0.25) is 4.90 Å². The van der Waals surface area contributed by atoms with E-state index in [1.165, 1.54) is 6.07 Å². The average molecular weight is 345 g/mol. The third-order valence-electron chi connectivity index (χ3n) is 4.29. The summed E-state index contributed by atoms with van der Waals surface area (Å²) in [6, 6.07) is 16.6. The fourth-order valence-corrected chi connectivity index (χ4v) is 3.03. The molecular formula is C20H24FNO3. The van der Waals surface area contributed by atoms with Crippen LogP contribution in [-0.4, -0.2) is 49.0 Å². The highest BCUT2D eigenvalue weighted by Crippen LogP contribution is 2.24. The molecule has 1 aliphatic heterocycles. The van der Waals surface area contributed by atoms with E-state index in [2.05, 4.69) is 4.90 Å². The fourth-order valence-electron chi connectivity index (χ4n) is 3.03. The number of hydrogen-bond donors (Lipinski definition) is 1. The Bertz CT molecular complexity index is 652. The summed E-state index contributed by atoms with van der Waals surface area (Å²) in [5.74, 6) is -0.249. The first-order valence-electron chi connectivity index (χ1n) is 8.60. The zero-order valence-electron chi connectivity index (χ0n) is 14.2. The van der Waals surface area contributed by atoms with Crippen molar-refractivity contribution in [1.82, 2.24) is 4.90 Å². The number of rotatable bonds is 7. The lowest BCUT2D eigenvalue weighted by Gasteiger charge is -2.34. The second-order valence-corrected chi connectivity index (χ2v) is 6.30. The molecule has 1 N–H and O–H groups in total. The van der Waals surface area contributed by atoms with Gasteiger partial charge in [0.05, 0.1) is 32.0 Å². The molecule has 3 rings (SSSR count). The molecule has 0 spiro atoms. The summed E-state index contributed by atoms with van der Waals surface area (Å²) in [6.45, 7) is 3.06. The molecule has 0 aliphatic carbocycles. The molecule has 1 unspecified atom stereocenters. The third kappa shape index (κ3) is 5.34. The van der Waals surface area contributed by atoms with Crippen LogP contribution in [0.15, 0.2) is 54.6 Å². The smallest absolute Gasteiger partial charge is 0.129 e. The van der Waals surface area contributed by atoms with Crippen LogP contribution in [0.4, 0.5) is 4.39 Å². The summed E-state index contributed by atoms with van der Waals surface area (Å²) in [5.41, 5.74) is 1.66. The van der Waals surface area contributed by atoms with E-state index in [-0.39, 0.29) is 18.5 Å². The summed E-state index contributed by atoms with van der Waals surface area (Å²) >= 11 is 0. The predicted octanol–water partition coefficient (Wildman–Crippen LogP) is 2.78. The number of aliphatic hydroxyl groups is 1. The Morgan fingerprint density at radius 1 is 1.16 bits per heavy atom. The first-order chi connectivity index (χ1) is 12.2. The van der Waals surface area contributed by atoms with Crippen molar-refractivity contribution in [3.05, 3.63) is 71.5 Å². The molecule has 1 heterocycles. The SMILES string of the molecule is O[C@H](COCc1ccccc1)CN1CCOC(c2ccccc2F)C1. The van der Waals surface area contributed by atoms with E-state index in [1.54, 1.807) is 12.1 Å². The van der Waals surface area contributed by atoms with Gasteiger partial charge >= 0.3 is 0 Å². The first-order valence-corrected chi connectivity index (χ1v) is 8.60. The summed E-state index contributed by atoms with van der Waals surface area (Å²) < 4.78 is 25.2. The van der Waals surface area contributed by atoms with Crippen molar-refractivity contribution in [1.29, 1.82) is 0 Å². The van der Waals surface area contributed by atoms with Gasteiger partial charge in [-0.15, -0.1) is 0 Å². The van der Waals surface area contributed by atoms with Gasteiger partial charge in [0.25, 0.3) is 0 Å². The highest BCUT2D eigenvalue weighted by molar-refractivity contribution is 5.20. The molecule has 0 amide bonds. The number of benzene rings is 2. The minimum Gasteiger partial charge on any atom is -0.389 e. The van der Waals surface area contributed by atoms with Gasteiger partial charge in [0, 0.05) is 25.2 Å². The fraction of sp³-hybridized carbons (Fsp3) is 0.400. The topological polar surface area (TPSA) is 41.9 Å². The second kappa shape index (κ2) is 9.06. The van der Waals surface area contributed by atoms with Crippen LogP contribution < -0.4 is 0 Å². The molecule has 0 aromatic heterocycles. The van der Waals surface area contributed by atoms with Crippen LogP contribution in [0, 0.1) is 5.82 Å². The maximum atomic E-state index is 13.9. The molecular weight excluding hydrogens is 321 g/mol. The quantitative estimate of drug-likeness (QED) is 0.838. The van der Waals surface area contributed by atoms with Crippen molar-refractivity contribution in [2.24, 2.45) is 0 Å². The molecule has 0 saturated carbocycles. The average Bonchev–Trinajstić information content (AvgIpc) is 2.63. The monoisotopic (exact) mass is 345 g/mol. The van der Waals surface area contributed by atoms with Crippen molar-refractivity contribution < 1.29 is 19.0 Å². The van der Waals surface area contributed by atoms with Crippen LogP contribution in [0.2, 0.25) is 0 Å². The van der Waals surface area contributed by atoms with Crippen LogP contribution in [0.5, 0.6) is 0 Å². The number of aliphatic hydroxyl groups excluding tert-OH is 1. The molecule has 134 valence electrons. The zero-order chi connectivity index (χ0) is 17.5. The molecule has 25 heavy (non-hydrogen) atoms. The van der Waals surface area contributed by atoms with Gasteiger partial charge in [0.2, 0.25) is 0 Å². The molecule has 1 saturated heterocycles. The normalized spacial score (nSPS) is 19.7. The number of nitrogens with zero attached hydrogens (tertiary/aromatic N) is 1. The largest absolute Gasteiger partial charge is 0.389 e. The lowest BCUT2D eigenvalue weighted by Crippen LogP contribution is -2.43. The zero-order valence-corrected chi connectivity index (χ0v) is 14.2. The second-order valence-electron chi connectivity index (χ2n) is 6.30. The van der Waals surface area contributed by atoms with E-state index < -0.39 is 6.10 Å². The van der Waals surface area contributed by atoms with E-state index >= 15 is 0 Å². The van der Waals surface area contributed by atoms with Crippen LogP contribution in [0.3, 0.4) is 0 Å². The van der Waals surface area contributed by atoms with Gasteiger partial charge in [0.1, 0.15) is 5.82 Å². The Hall–Kier alpha value is -1.79. The van der Waals surface area contributed by atoms with E-state index in [0.717, 1.165) is 12.1 Å². The van der Waals surface area contributed by atoms with E-state index in [0.29, 0.717) is 31.9 Å². The van der Waals surface area contributed by atoms with Crippen LogP contribution in [0.1, 0.15) is 17.2 Å². The summed E-state index contributed by atoms with van der Waals surface area (Å²) in [7, 11) is 0. The predicted molar refractivity (Wildman–Crippen MR) is 93.6 cm³/mol. The van der Waals surface area contributed by atoms with Crippen molar-refractivity contribution >= 4 is 0 Å². The lowest BCUT2D eigenvalue weighted by atomic mass is 10.1. The number of β-amino-alcohol motifs (C(OH)–C–C–N with tert-alkyl or cyclic N) is 1. The standard InChI is InChI=1S/C20H24FNO3/c21-19-9-5-4-8-18(19)20-13-22(10-11-25-20)12-17(23)15-24-14-16-6-2-1-3-7-16/h1-9,17,20,23H,10-15H2/t17-,20?/m0/s1. The van der Waals surface area contributed by atoms with Crippen molar-refractivity contribution in [2.45, 2.75) is 18.8 Å². The summed E-state index contributed by atoms with van der Waals surface area (Å²) in [6.07, 6.45) is -0.879. The van der Waals surface area contributed by atoms with Gasteiger partial charge in [-0.2, -0.15) is 0 Å². The van der Waals surface area contributed by atoms with E-state index in [9.17, 15) is 9.50 Å². The van der Waals surface area contributed by atoms with Crippen molar-refractivity contribution in [3.8, 4) is 0 Å². The van der Waals surface area contributed by atoms with E-state index in [4.69, 9.17) is 9.47 Å². The van der Waals surface area contributed by atoms with Crippen LogP contribution in [0.25, 0.3) is 0 Å². The lowest BCUT2D eigenvalue weighted by molar-refractivity contribution is -0.0546. The molecule has 2 atom stereocenters. The number of halogens is 1. The Balaban J connectivity index is 1.45. The van der Waals surface area contributed by atoms with Gasteiger partial charge in [-0.25, -0.2) is 4.39 Å². The van der Waals surface area contributed by atoms with Crippen molar-refractivity contribution in [3.63, 3.8) is 0 Å². The summed E-state index contributed by atoms with van der Waals surface area (Å²) in [5, 5.41) is 10.2. The first kappa shape index (κ1) is 18.0. The number of ether oxygens (including phenoxy) is 2. The van der Waals surface area contributed by atoms with Gasteiger partial charge in [0.15, 0.2) is 0 Å². The summed E-state index contributed by atoms with van der Waals surface area (Å²) in [4.78, 5) is 2.09. The highest BCUT2D eigenvalue weighted by Gasteiger charge is 2.25. The van der Waals surface area contributed by atoms with Crippen LogP contribution >= 0.6 is 0 Å². The molecule has 0 radical (unpaired) electrons. The Kier molecular flexibility index (Phi) is 6.53.